The van der Waals surface area contributed by atoms with Gasteiger partial charge < -0.3 is 14.4 Å². The number of nitrogens with one attached hydrogen (secondary N) is 1. The van der Waals surface area contributed by atoms with E-state index < -0.39 is 0 Å². The summed E-state index contributed by atoms with van der Waals surface area (Å²) in [5.74, 6) is 0.142. The van der Waals surface area contributed by atoms with Gasteiger partial charge in [-0.15, -0.1) is 15.0 Å². The number of aromatic amines is 1. The van der Waals surface area contributed by atoms with Gasteiger partial charge in [0.25, 0.3) is 5.56 Å². The van der Waals surface area contributed by atoms with Gasteiger partial charge in [0.15, 0.2) is 11.0 Å². The average Bonchev–Trinajstić information content (AvgIpc) is 3.38. The number of aromatic nitrogens is 4. The maximum atomic E-state index is 11.8. The molecule has 0 amide bonds. The van der Waals surface area contributed by atoms with E-state index in [1.54, 1.807) is 6.08 Å². The lowest BCUT2D eigenvalue weighted by Gasteiger charge is -2.21. The van der Waals surface area contributed by atoms with Crippen molar-refractivity contribution >= 4 is 29.4 Å². The first kappa shape index (κ1) is 21.3. The molecule has 2 N–H and O–H groups in total. The Balaban J connectivity index is 1.42. The average molecular weight is 454 g/mol. The minimum Gasteiger partial charge on any atom is -0.505 e. The smallest absolute Gasteiger partial charge is 0.293 e. The van der Waals surface area contributed by atoms with Crippen LogP contribution in [0.3, 0.4) is 0 Å². The van der Waals surface area contributed by atoms with Gasteiger partial charge in [0.05, 0.1) is 0 Å². The zero-order chi connectivity index (χ0) is 23.8. The van der Waals surface area contributed by atoms with Crippen molar-refractivity contribution in [1.82, 2.24) is 20.0 Å². The molecular formula is C26H23N5O3. The van der Waals surface area contributed by atoms with E-state index in [0.717, 1.165) is 33.4 Å². The van der Waals surface area contributed by atoms with Gasteiger partial charge in [-0.25, -0.2) is 0 Å². The molecule has 3 aromatic carbocycles. The Morgan fingerprint density at radius 3 is 2.41 bits per heavy atom. The van der Waals surface area contributed by atoms with Crippen molar-refractivity contribution in [2.24, 2.45) is 0 Å². The summed E-state index contributed by atoms with van der Waals surface area (Å²) < 4.78 is 5.28. The van der Waals surface area contributed by atoms with Crippen molar-refractivity contribution in [2.75, 3.05) is 11.9 Å². The van der Waals surface area contributed by atoms with E-state index in [9.17, 15) is 9.90 Å². The molecule has 0 atom stereocenters. The number of oxazole rings is 1. The number of H-pyrrole nitrogens is 1. The molecule has 0 bridgehead atoms. The number of aryl methyl sites for hydroxylation is 1. The molecule has 8 heteroatoms. The normalized spacial score (nSPS) is 11.9. The fraction of sp³-hybridized carbons (Fsp3) is 0.115. The Morgan fingerprint density at radius 2 is 1.79 bits per heavy atom. The first-order valence-corrected chi connectivity index (χ1v) is 10.7. The molecule has 0 unspecified atom stereocenters. The standard InChI is InChI=1S/C26H23N5O3/c1-16-12-19(25(32)23(13-16)31-28-21-6-4-5-7-22(21)29-31)15-30(3)20-10-8-18(9-11-20)14-24-26(33)27-17(2)34-24/h4-14,32H,2,15H2,1,3H3,(H,27,33)/b24-14-. The third-order valence-electron chi connectivity index (χ3n) is 5.56. The maximum absolute atomic E-state index is 11.8. The number of rotatable bonds is 5. The third kappa shape index (κ3) is 4.09. The van der Waals surface area contributed by atoms with Crippen LogP contribution < -0.4 is 21.4 Å². The minimum atomic E-state index is -0.309. The highest BCUT2D eigenvalue weighted by atomic mass is 16.3. The van der Waals surface area contributed by atoms with Gasteiger partial charge >= 0.3 is 0 Å². The van der Waals surface area contributed by atoms with Gasteiger partial charge in [-0.05, 0) is 61.0 Å². The van der Waals surface area contributed by atoms with E-state index in [2.05, 4.69) is 21.8 Å². The summed E-state index contributed by atoms with van der Waals surface area (Å²) in [6.45, 7) is 6.05. The van der Waals surface area contributed by atoms with Crippen molar-refractivity contribution in [2.45, 2.75) is 13.5 Å². The first-order chi connectivity index (χ1) is 16.4. The van der Waals surface area contributed by atoms with Crippen LogP contribution in [0.1, 0.15) is 16.7 Å². The van der Waals surface area contributed by atoms with E-state index >= 15 is 0 Å². The van der Waals surface area contributed by atoms with Crippen LogP contribution in [0.25, 0.3) is 29.4 Å². The van der Waals surface area contributed by atoms with Crippen molar-refractivity contribution in [3.05, 3.63) is 98.7 Å². The molecule has 170 valence electrons. The summed E-state index contributed by atoms with van der Waals surface area (Å²) in [5, 5.41) is 20.1. The van der Waals surface area contributed by atoms with Crippen molar-refractivity contribution in [3.8, 4) is 11.4 Å². The highest BCUT2D eigenvalue weighted by Crippen LogP contribution is 2.30. The first-order valence-electron chi connectivity index (χ1n) is 10.7. The molecule has 5 rings (SSSR count). The Hall–Kier alpha value is -4.59. The number of nitrogens with zero attached hydrogens (tertiary/aromatic N) is 4. The van der Waals surface area contributed by atoms with Gasteiger partial charge in [0, 0.05) is 24.8 Å². The zero-order valence-electron chi connectivity index (χ0n) is 18.8. The lowest BCUT2D eigenvalue weighted by Crippen LogP contribution is -2.20. The molecule has 2 heterocycles. The van der Waals surface area contributed by atoms with E-state index in [-0.39, 0.29) is 22.3 Å². The van der Waals surface area contributed by atoms with Gasteiger partial charge in [0.1, 0.15) is 22.5 Å². The van der Waals surface area contributed by atoms with E-state index in [0.29, 0.717) is 12.2 Å². The number of phenols is 1. The summed E-state index contributed by atoms with van der Waals surface area (Å²) in [5.41, 5.74) is 5.74. The van der Waals surface area contributed by atoms with E-state index in [1.165, 1.54) is 4.80 Å². The Labute approximate surface area is 194 Å². The fourth-order valence-electron chi connectivity index (χ4n) is 3.88. The molecule has 0 spiro atoms. The number of aromatic hydroxyl groups is 1. The molecule has 8 nitrogen and oxygen atoms in total. The van der Waals surface area contributed by atoms with Gasteiger partial charge in [0.2, 0.25) is 0 Å². The Kier molecular flexibility index (Phi) is 5.25. The van der Waals surface area contributed by atoms with Crippen LogP contribution in [0.2, 0.25) is 0 Å². The molecule has 0 saturated carbocycles. The van der Waals surface area contributed by atoms with Crippen LogP contribution in [0.15, 0.2) is 69.9 Å². The molecule has 0 aliphatic carbocycles. The zero-order valence-corrected chi connectivity index (χ0v) is 18.8. The number of benzene rings is 3. The molecule has 5 aromatic rings. The molecule has 0 aliphatic rings. The van der Waals surface area contributed by atoms with Crippen LogP contribution in [-0.2, 0) is 6.54 Å². The molecule has 0 aliphatic heterocycles. The highest BCUT2D eigenvalue weighted by Gasteiger charge is 2.15. The number of anilines is 1. The summed E-state index contributed by atoms with van der Waals surface area (Å²) >= 11 is 0. The second-order valence-corrected chi connectivity index (χ2v) is 8.21. The fourth-order valence-corrected chi connectivity index (χ4v) is 3.88. The third-order valence-corrected chi connectivity index (χ3v) is 5.56. The van der Waals surface area contributed by atoms with E-state index in [1.807, 2.05) is 79.5 Å². The van der Waals surface area contributed by atoms with Gasteiger partial charge in [-0.2, -0.15) is 0 Å². The maximum Gasteiger partial charge on any atom is 0.293 e. The van der Waals surface area contributed by atoms with Crippen molar-refractivity contribution in [3.63, 3.8) is 0 Å². The minimum absolute atomic E-state index is 0.142. The molecule has 0 fully saturated rings. The number of hydrogen-bond acceptors (Lipinski definition) is 6. The summed E-state index contributed by atoms with van der Waals surface area (Å²) in [6.07, 6.45) is 1.66. The van der Waals surface area contributed by atoms with Gasteiger partial charge in [-0.3, -0.25) is 9.78 Å². The largest absolute Gasteiger partial charge is 0.505 e. The van der Waals surface area contributed by atoms with Crippen LogP contribution in [-0.4, -0.2) is 32.1 Å². The summed E-state index contributed by atoms with van der Waals surface area (Å²) in [4.78, 5) is 17.8. The highest BCUT2D eigenvalue weighted by molar-refractivity contribution is 5.73. The number of phenolic OH excluding ortho intramolecular Hbond substituents is 1. The predicted octanol–water partition coefficient (Wildman–Crippen LogP) is 2.59. The van der Waals surface area contributed by atoms with Crippen molar-refractivity contribution in [1.29, 1.82) is 0 Å². The summed E-state index contributed by atoms with van der Waals surface area (Å²) in [6, 6.07) is 19.1. The lowest BCUT2D eigenvalue weighted by molar-refractivity contribution is 0.460. The lowest BCUT2D eigenvalue weighted by atomic mass is 10.1. The Morgan fingerprint density at radius 1 is 1.12 bits per heavy atom. The van der Waals surface area contributed by atoms with E-state index in [4.69, 9.17) is 4.42 Å². The monoisotopic (exact) mass is 453 g/mol. The van der Waals surface area contributed by atoms with Crippen LogP contribution >= 0.6 is 0 Å². The van der Waals surface area contributed by atoms with Crippen LogP contribution in [0.4, 0.5) is 5.69 Å². The molecule has 0 radical (unpaired) electrons. The second kappa shape index (κ2) is 8.40. The quantitative estimate of drug-likeness (QED) is 0.424. The van der Waals surface area contributed by atoms with Crippen LogP contribution in [0.5, 0.6) is 5.75 Å². The molecule has 34 heavy (non-hydrogen) atoms. The summed E-state index contributed by atoms with van der Waals surface area (Å²) in [7, 11) is 1.95. The molecule has 2 aromatic heterocycles. The van der Waals surface area contributed by atoms with Crippen LogP contribution in [0, 0.1) is 6.92 Å². The number of fused-ring (bicyclic) bond motifs is 1. The Bertz CT molecular complexity index is 1630. The number of hydrogen-bond donors (Lipinski definition) is 2. The topological polar surface area (TPSA) is 100 Å². The van der Waals surface area contributed by atoms with Gasteiger partial charge in [-0.1, -0.05) is 30.3 Å². The SMILES string of the molecule is C=c1[nH]c(=O)/c(=C/c2ccc(N(C)Cc3cc(C)cc(-n4nc5ccccc5n4)c3O)cc2)o1. The molecular weight excluding hydrogens is 430 g/mol. The second-order valence-electron chi connectivity index (χ2n) is 8.21. The molecule has 0 saturated heterocycles. The van der Waals surface area contributed by atoms with Crippen molar-refractivity contribution < 1.29 is 9.52 Å². The predicted molar refractivity (Wildman–Crippen MR) is 131 cm³/mol.